The van der Waals surface area contributed by atoms with Crippen LogP contribution in [0, 0.1) is 0 Å². The van der Waals surface area contributed by atoms with Crippen LogP contribution in [0.2, 0.25) is 10.2 Å². The Morgan fingerprint density at radius 2 is 1.95 bits per heavy atom. The average Bonchev–Trinajstić information content (AvgIpc) is 2.66. The molecule has 1 atom stereocenters. The summed E-state index contributed by atoms with van der Waals surface area (Å²) in [7, 11) is 1.73. The van der Waals surface area contributed by atoms with Gasteiger partial charge in [-0.1, -0.05) is 23.2 Å². The first kappa shape index (κ1) is 15.6. The smallest absolute Gasteiger partial charge is 0.270 e. The van der Waals surface area contributed by atoms with Gasteiger partial charge in [0.15, 0.2) is 0 Å². The van der Waals surface area contributed by atoms with E-state index < -0.39 is 0 Å². The zero-order valence-electron chi connectivity index (χ0n) is 11.6. The van der Waals surface area contributed by atoms with E-state index in [-0.39, 0.29) is 12.0 Å². The molecule has 0 saturated carbocycles. The van der Waals surface area contributed by atoms with E-state index in [1.165, 1.54) is 0 Å². The fraction of sp³-hybridized carbons (Fsp3) is 0.615. The molecule has 1 amide bonds. The molecule has 1 aromatic rings. The Morgan fingerprint density at radius 3 is 2.40 bits per heavy atom. The molecule has 0 bridgehead atoms. The molecule has 1 N–H and O–H groups in total. The number of halogens is 2. The number of β-amino-alcohol motifs (C(OH)–C–C–N with tert-alkyl or cyclic N) is 1. The normalized spacial score (nSPS) is 18.4. The first-order valence-corrected chi connectivity index (χ1v) is 7.36. The Kier molecular flexibility index (Phi) is 4.96. The first-order chi connectivity index (χ1) is 9.40. The predicted molar refractivity (Wildman–Crippen MR) is 79.5 cm³/mol. The van der Waals surface area contributed by atoms with Crippen molar-refractivity contribution in [3.63, 3.8) is 0 Å². The molecule has 1 aliphatic heterocycles. The Hall–Kier alpha value is -0.750. The van der Waals surface area contributed by atoms with E-state index in [4.69, 9.17) is 23.2 Å². The Balaban J connectivity index is 2.00. The largest absolute Gasteiger partial charge is 0.392 e. The van der Waals surface area contributed by atoms with Crippen LogP contribution in [-0.4, -0.2) is 64.2 Å². The fourth-order valence-corrected chi connectivity index (χ4v) is 2.79. The van der Waals surface area contributed by atoms with Gasteiger partial charge in [0.2, 0.25) is 0 Å². The topological polar surface area (TPSA) is 48.7 Å². The number of hydrogen-bond acceptors (Lipinski definition) is 3. The van der Waals surface area contributed by atoms with E-state index in [2.05, 4.69) is 4.90 Å². The lowest BCUT2D eigenvalue weighted by atomic mass is 10.2. The fourth-order valence-electron chi connectivity index (χ4n) is 2.42. The van der Waals surface area contributed by atoms with Crippen molar-refractivity contribution in [1.29, 1.82) is 0 Å². The molecular weight excluding hydrogens is 301 g/mol. The molecule has 20 heavy (non-hydrogen) atoms. The zero-order valence-corrected chi connectivity index (χ0v) is 13.2. The zero-order chi connectivity index (χ0) is 14.9. The van der Waals surface area contributed by atoms with Gasteiger partial charge in [-0.05, 0) is 13.0 Å². The number of aliphatic hydroxyl groups is 1. The maximum atomic E-state index is 12.4. The lowest BCUT2D eigenvalue weighted by Crippen LogP contribution is -2.50. The summed E-state index contributed by atoms with van der Waals surface area (Å²) < 4.78 is 1.61. The SMILES string of the molecule is C[C@@H](O)CN1CCN(C(=O)c2cc(Cl)c(Cl)n2C)CC1. The lowest BCUT2D eigenvalue weighted by molar-refractivity contribution is 0.0546. The van der Waals surface area contributed by atoms with Crippen molar-refractivity contribution in [2.75, 3.05) is 32.7 Å². The minimum atomic E-state index is -0.345. The van der Waals surface area contributed by atoms with Crippen LogP contribution in [0.3, 0.4) is 0 Å². The second-order valence-electron chi connectivity index (χ2n) is 5.17. The van der Waals surface area contributed by atoms with Crippen molar-refractivity contribution < 1.29 is 9.90 Å². The summed E-state index contributed by atoms with van der Waals surface area (Å²) in [5, 5.41) is 10.1. The highest BCUT2D eigenvalue weighted by molar-refractivity contribution is 6.41. The third-order valence-electron chi connectivity index (χ3n) is 3.52. The second-order valence-corrected chi connectivity index (χ2v) is 5.93. The molecule has 2 rings (SSSR count). The monoisotopic (exact) mass is 319 g/mol. The van der Waals surface area contributed by atoms with Crippen LogP contribution < -0.4 is 0 Å². The number of carbonyl (C=O) groups is 1. The summed E-state index contributed by atoms with van der Waals surface area (Å²) in [5.74, 6) is -0.0574. The molecule has 0 unspecified atom stereocenters. The Morgan fingerprint density at radius 1 is 1.35 bits per heavy atom. The van der Waals surface area contributed by atoms with Gasteiger partial charge in [0.25, 0.3) is 5.91 Å². The molecule has 1 aromatic heterocycles. The van der Waals surface area contributed by atoms with E-state index in [0.29, 0.717) is 35.5 Å². The second kappa shape index (κ2) is 6.35. The number of hydrogen-bond donors (Lipinski definition) is 1. The van der Waals surface area contributed by atoms with Gasteiger partial charge in [-0.15, -0.1) is 0 Å². The maximum absolute atomic E-state index is 12.4. The Bertz CT molecular complexity index is 494. The highest BCUT2D eigenvalue weighted by Crippen LogP contribution is 2.26. The van der Waals surface area contributed by atoms with Crippen molar-refractivity contribution >= 4 is 29.1 Å². The van der Waals surface area contributed by atoms with Crippen LogP contribution >= 0.6 is 23.2 Å². The predicted octanol–water partition coefficient (Wildman–Crippen LogP) is 1.47. The maximum Gasteiger partial charge on any atom is 0.270 e. The van der Waals surface area contributed by atoms with Crippen molar-refractivity contribution in [2.45, 2.75) is 13.0 Å². The molecule has 0 aromatic carbocycles. The summed E-state index contributed by atoms with van der Waals surface area (Å²) in [6, 6.07) is 1.61. The molecule has 112 valence electrons. The number of aromatic nitrogens is 1. The van der Waals surface area contributed by atoms with Crippen molar-refractivity contribution in [3.8, 4) is 0 Å². The minimum absolute atomic E-state index is 0.0574. The van der Waals surface area contributed by atoms with Gasteiger partial charge in [0, 0.05) is 39.8 Å². The van der Waals surface area contributed by atoms with E-state index in [0.717, 1.165) is 13.1 Å². The molecule has 0 spiro atoms. The van der Waals surface area contributed by atoms with Crippen LogP contribution in [0.5, 0.6) is 0 Å². The molecule has 5 nitrogen and oxygen atoms in total. The average molecular weight is 320 g/mol. The number of piperazine rings is 1. The molecule has 1 fully saturated rings. The highest BCUT2D eigenvalue weighted by atomic mass is 35.5. The first-order valence-electron chi connectivity index (χ1n) is 6.60. The lowest BCUT2D eigenvalue weighted by Gasteiger charge is -2.35. The summed E-state index contributed by atoms with van der Waals surface area (Å²) in [6.07, 6.45) is -0.345. The van der Waals surface area contributed by atoms with Crippen LogP contribution in [-0.2, 0) is 7.05 Å². The van der Waals surface area contributed by atoms with Gasteiger partial charge in [-0.3, -0.25) is 9.69 Å². The summed E-state index contributed by atoms with van der Waals surface area (Å²) >= 11 is 11.9. The summed E-state index contributed by atoms with van der Waals surface area (Å²) in [4.78, 5) is 16.4. The molecule has 7 heteroatoms. The van der Waals surface area contributed by atoms with Gasteiger partial charge in [0.05, 0.1) is 11.1 Å². The Labute approximate surface area is 128 Å². The number of aliphatic hydroxyl groups excluding tert-OH is 1. The van der Waals surface area contributed by atoms with Crippen molar-refractivity contribution in [3.05, 3.63) is 21.9 Å². The number of rotatable bonds is 3. The van der Waals surface area contributed by atoms with E-state index >= 15 is 0 Å². The molecule has 1 aliphatic rings. The minimum Gasteiger partial charge on any atom is -0.392 e. The van der Waals surface area contributed by atoms with E-state index in [1.54, 1.807) is 29.5 Å². The van der Waals surface area contributed by atoms with E-state index in [9.17, 15) is 9.90 Å². The summed E-state index contributed by atoms with van der Waals surface area (Å²) in [5.41, 5.74) is 0.504. The number of amides is 1. The summed E-state index contributed by atoms with van der Waals surface area (Å²) in [6.45, 7) is 5.23. The third kappa shape index (κ3) is 3.28. The van der Waals surface area contributed by atoms with Crippen molar-refractivity contribution in [2.24, 2.45) is 7.05 Å². The van der Waals surface area contributed by atoms with Crippen LogP contribution in [0.1, 0.15) is 17.4 Å². The van der Waals surface area contributed by atoms with Crippen LogP contribution in [0.4, 0.5) is 0 Å². The van der Waals surface area contributed by atoms with E-state index in [1.807, 2.05) is 0 Å². The van der Waals surface area contributed by atoms with Crippen LogP contribution in [0.15, 0.2) is 6.07 Å². The van der Waals surface area contributed by atoms with Gasteiger partial charge in [-0.2, -0.15) is 0 Å². The van der Waals surface area contributed by atoms with Gasteiger partial charge < -0.3 is 14.6 Å². The molecular formula is C13H19Cl2N3O2. The van der Waals surface area contributed by atoms with Gasteiger partial charge in [0.1, 0.15) is 10.8 Å². The molecule has 0 radical (unpaired) electrons. The number of carbonyl (C=O) groups excluding carboxylic acids is 1. The van der Waals surface area contributed by atoms with Gasteiger partial charge in [-0.25, -0.2) is 0 Å². The van der Waals surface area contributed by atoms with Crippen molar-refractivity contribution in [1.82, 2.24) is 14.4 Å². The molecule has 0 aliphatic carbocycles. The molecule has 1 saturated heterocycles. The van der Waals surface area contributed by atoms with Gasteiger partial charge >= 0.3 is 0 Å². The highest BCUT2D eigenvalue weighted by Gasteiger charge is 2.25. The number of nitrogens with zero attached hydrogens (tertiary/aromatic N) is 3. The quantitative estimate of drug-likeness (QED) is 0.917. The van der Waals surface area contributed by atoms with Crippen LogP contribution in [0.25, 0.3) is 0 Å². The standard InChI is InChI=1S/C13H19Cl2N3O2/c1-9(19)8-17-3-5-18(6-4-17)13(20)11-7-10(14)12(15)16(11)2/h7,9,19H,3-6,8H2,1-2H3/t9-/m1/s1. The third-order valence-corrected chi connectivity index (χ3v) is 4.36. The molecule has 2 heterocycles.